The van der Waals surface area contributed by atoms with E-state index in [1.54, 1.807) is 13.8 Å². The van der Waals surface area contributed by atoms with Gasteiger partial charge in [-0.15, -0.1) is 0 Å². The number of rotatable bonds is 18. The summed E-state index contributed by atoms with van der Waals surface area (Å²) >= 11 is 0. The van der Waals surface area contributed by atoms with E-state index < -0.39 is 6.10 Å². The fraction of sp³-hybridized carbons (Fsp3) is 0.613. The predicted molar refractivity (Wildman–Crippen MR) is 146 cm³/mol. The largest absolute Gasteiger partial charge is 0.508 e. The zero-order chi connectivity index (χ0) is 25.5. The van der Waals surface area contributed by atoms with Crippen LogP contribution >= 0.6 is 0 Å². The zero-order valence-electron chi connectivity index (χ0n) is 22.3. The Morgan fingerprint density at radius 2 is 1.23 bits per heavy atom. The van der Waals surface area contributed by atoms with Crippen molar-refractivity contribution in [1.29, 1.82) is 0 Å². The third kappa shape index (κ3) is 10.1. The van der Waals surface area contributed by atoms with Crippen molar-refractivity contribution in [2.75, 3.05) is 6.61 Å². The van der Waals surface area contributed by atoms with E-state index in [9.17, 15) is 15.3 Å². The van der Waals surface area contributed by atoms with Crippen LogP contribution in [-0.2, 0) is 0 Å². The second kappa shape index (κ2) is 16.5. The minimum absolute atomic E-state index is 0.0107. The Hall–Kier alpha value is -2.20. The average Bonchev–Trinajstić information content (AvgIpc) is 2.84. The van der Waals surface area contributed by atoms with E-state index in [-0.39, 0.29) is 11.5 Å². The van der Waals surface area contributed by atoms with Gasteiger partial charge in [0.1, 0.15) is 17.2 Å². The van der Waals surface area contributed by atoms with Gasteiger partial charge in [-0.2, -0.15) is 0 Å². The summed E-state index contributed by atoms with van der Waals surface area (Å²) in [4.78, 5) is 0. The Labute approximate surface area is 213 Å². The van der Waals surface area contributed by atoms with Crippen LogP contribution in [0.3, 0.4) is 0 Å². The summed E-state index contributed by atoms with van der Waals surface area (Å²) in [7, 11) is 0. The van der Waals surface area contributed by atoms with E-state index in [1.165, 1.54) is 89.5 Å². The molecule has 0 aromatic heterocycles. The molecule has 2 aromatic carbocycles. The summed E-state index contributed by atoms with van der Waals surface area (Å²) in [6, 6.07) is 8.96. The first-order chi connectivity index (χ1) is 17.0. The molecule has 0 amide bonds. The monoisotopic (exact) mass is 484 g/mol. The molecule has 3 N–H and O–H groups in total. The maximum absolute atomic E-state index is 10.6. The molecule has 4 nitrogen and oxygen atoms in total. The van der Waals surface area contributed by atoms with Crippen LogP contribution in [0.2, 0.25) is 0 Å². The molecule has 0 bridgehead atoms. The maximum Gasteiger partial charge on any atom is 0.126 e. The molecule has 1 atom stereocenters. The first-order valence-electron chi connectivity index (χ1n) is 13.9. The second-order valence-corrected chi connectivity index (χ2v) is 9.99. The minimum Gasteiger partial charge on any atom is -0.508 e. The molecule has 0 aliphatic carbocycles. The Morgan fingerprint density at radius 1 is 0.743 bits per heavy atom. The summed E-state index contributed by atoms with van der Waals surface area (Å²) in [5.74, 6) is 0.858. The lowest BCUT2D eigenvalue weighted by Crippen LogP contribution is -1.99. The number of aryl methyl sites for hydroxylation is 1. The van der Waals surface area contributed by atoms with E-state index in [1.807, 2.05) is 24.3 Å². The molecule has 0 radical (unpaired) electrons. The van der Waals surface area contributed by atoms with Gasteiger partial charge in [-0.25, -0.2) is 0 Å². The molecular weight excluding hydrogens is 436 g/mol. The Morgan fingerprint density at radius 3 is 1.71 bits per heavy atom. The van der Waals surface area contributed by atoms with Gasteiger partial charge in [0.15, 0.2) is 0 Å². The highest BCUT2D eigenvalue weighted by atomic mass is 16.5. The number of benzene rings is 2. The molecule has 0 saturated carbocycles. The van der Waals surface area contributed by atoms with Crippen molar-refractivity contribution in [2.45, 2.75) is 117 Å². The topological polar surface area (TPSA) is 69.9 Å². The Balaban J connectivity index is 1.62. The molecule has 0 heterocycles. The fourth-order valence-electron chi connectivity index (χ4n) is 4.72. The third-order valence-electron chi connectivity index (χ3n) is 6.84. The van der Waals surface area contributed by atoms with Crippen LogP contribution in [-0.4, -0.2) is 21.9 Å². The molecule has 1 unspecified atom stereocenters. The van der Waals surface area contributed by atoms with Crippen molar-refractivity contribution >= 4 is 0 Å². The number of ether oxygens (including phenoxy) is 1. The number of hydrogen-bond donors (Lipinski definition) is 3. The molecule has 196 valence electrons. The highest BCUT2D eigenvalue weighted by molar-refractivity contribution is 5.78. The van der Waals surface area contributed by atoms with Crippen LogP contribution in [0.4, 0.5) is 0 Å². The predicted octanol–water partition coefficient (Wildman–Crippen LogP) is 8.99. The molecule has 2 rings (SSSR count). The molecule has 2 aromatic rings. The maximum atomic E-state index is 10.6. The molecule has 0 spiro atoms. The lowest BCUT2D eigenvalue weighted by Gasteiger charge is -2.18. The first-order valence-corrected chi connectivity index (χ1v) is 13.9. The Kier molecular flexibility index (Phi) is 13.7. The molecule has 0 aliphatic rings. The van der Waals surface area contributed by atoms with Gasteiger partial charge in [0, 0.05) is 11.1 Å². The van der Waals surface area contributed by atoms with Gasteiger partial charge in [-0.05, 0) is 49.6 Å². The summed E-state index contributed by atoms with van der Waals surface area (Å²) < 4.78 is 5.90. The first kappa shape index (κ1) is 29.0. The number of aliphatic hydroxyl groups is 1. The number of unbranched alkanes of at least 4 members (excludes halogenated alkanes) is 13. The lowest BCUT2D eigenvalue weighted by atomic mass is 9.92. The zero-order valence-corrected chi connectivity index (χ0v) is 22.3. The van der Waals surface area contributed by atoms with Crippen LogP contribution in [0.1, 0.15) is 121 Å². The summed E-state index contributed by atoms with van der Waals surface area (Å²) in [6.45, 7) is 6.29. The van der Waals surface area contributed by atoms with Crippen LogP contribution in [0.15, 0.2) is 30.3 Å². The van der Waals surface area contributed by atoms with Crippen molar-refractivity contribution in [3.05, 3.63) is 41.5 Å². The van der Waals surface area contributed by atoms with Crippen molar-refractivity contribution in [2.24, 2.45) is 0 Å². The van der Waals surface area contributed by atoms with E-state index in [4.69, 9.17) is 4.74 Å². The van der Waals surface area contributed by atoms with Gasteiger partial charge < -0.3 is 20.1 Å². The molecule has 35 heavy (non-hydrogen) atoms. The van der Waals surface area contributed by atoms with Crippen molar-refractivity contribution in [3.63, 3.8) is 0 Å². The van der Waals surface area contributed by atoms with Crippen LogP contribution in [0.25, 0.3) is 11.1 Å². The normalized spacial score (nSPS) is 12.1. The highest BCUT2D eigenvalue weighted by Crippen LogP contribution is 2.43. The average molecular weight is 485 g/mol. The number of aliphatic hydroxyl groups excluding tert-OH is 1. The number of aromatic hydroxyl groups is 2. The second-order valence-electron chi connectivity index (χ2n) is 9.99. The highest BCUT2D eigenvalue weighted by Gasteiger charge is 2.20. The molecule has 0 fully saturated rings. The standard InChI is InChI=1S/C31H48O4/c1-4-5-6-7-8-9-10-11-12-13-14-15-16-17-22-35-27-20-18-26(19-21-27)30-29(25(3)32)28(33)23-24(2)31(30)34/h18-21,23,25,32-34H,4-17,22H2,1-3H3. The van der Waals surface area contributed by atoms with Gasteiger partial charge in [-0.1, -0.05) is 103 Å². The molecular formula is C31H48O4. The summed E-state index contributed by atoms with van der Waals surface area (Å²) in [5.41, 5.74) is 2.11. The van der Waals surface area contributed by atoms with Crippen molar-refractivity contribution in [1.82, 2.24) is 0 Å². The van der Waals surface area contributed by atoms with Gasteiger partial charge in [0.25, 0.3) is 0 Å². The summed E-state index contributed by atoms with van der Waals surface area (Å²) in [6.07, 6.45) is 17.9. The van der Waals surface area contributed by atoms with E-state index in [0.29, 0.717) is 23.3 Å². The van der Waals surface area contributed by atoms with Gasteiger partial charge in [0.2, 0.25) is 0 Å². The minimum atomic E-state index is -0.896. The van der Waals surface area contributed by atoms with Crippen LogP contribution < -0.4 is 4.74 Å². The third-order valence-corrected chi connectivity index (χ3v) is 6.84. The van der Waals surface area contributed by atoms with E-state index in [0.717, 1.165) is 17.7 Å². The SMILES string of the molecule is CCCCCCCCCCCCCCCCOc1ccc(-c2c(O)c(C)cc(O)c2C(C)O)cc1. The number of phenolic OH excluding ortho intramolecular Hbond substituents is 2. The van der Waals surface area contributed by atoms with Gasteiger partial charge in [0.05, 0.1) is 12.7 Å². The molecule has 4 heteroatoms. The molecule has 0 aliphatic heterocycles. The van der Waals surface area contributed by atoms with Crippen molar-refractivity contribution < 1.29 is 20.1 Å². The van der Waals surface area contributed by atoms with Crippen molar-refractivity contribution in [3.8, 4) is 28.4 Å². The van der Waals surface area contributed by atoms with Gasteiger partial charge >= 0.3 is 0 Å². The van der Waals surface area contributed by atoms with Crippen LogP contribution in [0.5, 0.6) is 17.2 Å². The lowest BCUT2D eigenvalue weighted by molar-refractivity contribution is 0.195. The molecule has 0 saturated heterocycles. The Bertz CT molecular complexity index is 842. The number of hydrogen-bond acceptors (Lipinski definition) is 4. The van der Waals surface area contributed by atoms with Crippen LogP contribution in [0, 0.1) is 6.92 Å². The smallest absolute Gasteiger partial charge is 0.126 e. The van der Waals surface area contributed by atoms with E-state index >= 15 is 0 Å². The number of phenols is 2. The van der Waals surface area contributed by atoms with Gasteiger partial charge in [-0.3, -0.25) is 0 Å². The fourth-order valence-corrected chi connectivity index (χ4v) is 4.72. The quantitative estimate of drug-likeness (QED) is 0.146. The summed E-state index contributed by atoms with van der Waals surface area (Å²) in [5, 5.41) is 31.0. The van der Waals surface area contributed by atoms with E-state index in [2.05, 4.69) is 6.92 Å².